The van der Waals surface area contributed by atoms with Gasteiger partial charge in [0.2, 0.25) is 15.9 Å². The van der Waals surface area contributed by atoms with E-state index in [1.807, 2.05) is 4.90 Å². The maximum Gasteiger partial charge on any atom is 0.247 e. The van der Waals surface area contributed by atoms with Crippen molar-refractivity contribution in [1.29, 1.82) is 0 Å². The maximum absolute atomic E-state index is 12.9. The summed E-state index contributed by atoms with van der Waals surface area (Å²) in [7, 11) is -3.44. The Kier molecular flexibility index (Phi) is 7.67. The first-order chi connectivity index (χ1) is 14.0. The van der Waals surface area contributed by atoms with E-state index < -0.39 is 10.0 Å². The van der Waals surface area contributed by atoms with Crippen molar-refractivity contribution < 1.29 is 13.2 Å². The largest absolute Gasteiger partial charge is 0.332 e. The minimum atomic E-state index is -3.44. The third-order valence-corrected chi connectivity index (χ3v) is 7.79. The first kappa shape index (κ1) is 21.8. The Balaban J connectivity index is 1.67. The standard InChI is InChI=1S/C23H32N2O3S/c1-2-17-25(21-9-5-6-10-21)23(26)16-13-20-11-14-22(15-12-20)29(27,28)24-18-7-3-4-8-19-24/h2,11-16,21H,1,3-10,17-19H2/b16-13+. The van der Waals surface area contributed by atoms with Crippen LogP contribution in [0.4, 0.5) is 0 Å². The van der Waals surface area contributed by atoms with Gasteiger partial charge in [-0.3, -0.25) is 4.79 Å². The zero-order valence-electron chi connectivity index (χ0n) is 17.1. The van der Waals surface area contributed by atoms with Gasteiger partial charge in [0.25, 0.3) is 0 Å². The van der Waals surface area contributed by atoms with Gasteiger partial charge in [-0.2, -0.15) is 4.31 Å². The summed E-state index contributed by atoms with van der Waals surface area (Å²) in [5, 5.41) is 0. The van der Waals surface area contributed by atoms with Crippen molar-refractivity contribution in [2.24, 2.45) is 0 Å². The van der Waals surface area contributed by atoms with Crippen molar-refractivity contribution in [2.75, 3.05) is 19.6 Å². The zero-order valence-corrected chi connectivity index (χ0v) is 17.9. The van der Waals surface area contributed by atoms with Gasteiger partial charge in [0, 0.05) is 31.8 Å². The van der Waals surface area contributed by atoms with E-state index in [1.54, 1.807) is 46.8 Å². The molecule has 0 bridgehead atoms. The molecule has 1 amide bonds. The Morgan fingerprint density at radius 1 is 1.03 bits per heavy atom. The van der Waals surface area contributed by atoms with Crippen LogP contribution in [-0.4, -0.2) is 49.2 Å². The lowest BCUT2D eigenvalue weighted by Gasteiger charge is -2.26. The van der Waals surface area contributed by atoms with E-state index >= 15 is 0 Å². The Bertz CT molecular complexity index is 816. The van der Waals surface area contributed by atoms with Crippen LogP contribution in [0.25, 0.3) is 6.08 Å². The molecule has 158 valence electrons. The number of rotatable bonds is 7. The highest BCUT2D eigenvalue weighted by molar-refractivity contribution is 7.89. The van der Waals surface area contributed by atoms with Crippen LogP contribution in [0.5, 0.6) is 0 Å². The second kappa shape index (κ2) is 10.2. The molecule has 1 heterocycles. The van der Waals surface area contributed by atoms with E-state index in [9.17, 15) is 13.2 Å². The van der Waals surface area contributed by atoms with E-state index in [4.69, 9.17) is 0 Å². The van der Waals surface area contributed by atoms with Gasteiger partial charge >= 0.3 is 0 Å². The first-order valence-corrected chi connectivity index (χ1v) is 12.2. The van der Waals surface area contributed by atoms with Crippen molar-refractivity contribution >= 4 is 22.0 Å². The molecule has 6 heteroatoms. The molecule has 5 nitrogen and oxygen atoms in total. The molecular formula is C23H32N2O3S. The second-order valence-corrected chi connectivity index (χ2v) is 9.88. The first-order valence-electron chi connectivity index (χ1n) is 10.7. The van der Waals surface area contributed by atoms with Gasteiger partial charge in [-0.05, 0) is 49.5 Å². The molecule has 2 aliphatic rings. The van der Waals surface area contributed by atoms with Gasteiger partial charge in [-0.15, -0.1) is 6.58 Å². The summed E-state index contributed by atoms with van der Waals surface area (Å²) < 4.78 is 27.3. The van der Waals surface area contributed by atoms with Gasteiger partial charge in [0.15, 0.2) is 0 Å². The summed E-state index contributed by atoms with van der Waals surface area (Å²) >= 11 is 0. The van der Waals surface area contributed by atoms with Crippen LogP contribution in [0.3, 0.4) is 0 Å². The number of amides is 1. The average Bonchev–Trinajstić information content (AvgIpc) is 3.11. The van der Waals surface area contributed by atoms with Crippen LogP contribution in [0.15, 0.2) is 47.9 Å². The van der Waals surface area contributed by atoms with Crippen LogP contribution in [0, 0.1) is 0 Å². The molecule has 0 spiro atoms. The van der Waals surface area contributed by atoms with Gasteiger partial charge in [0.1, 0.15) is 0 Å². The van der Waals surface area contributed by atoms with Gasteiger partial charge < -0.3 is 4.90 Å². The van der Waals surface area contributed by atoms with Gasteiger partial charge in [-0.25, -0.2) is 8.42 Å². The fourth-order valence-corrected chi connectivity index (χ4v) is 5.74. The monoisotopic (exact) mass is 416 g/mol. The third kappa shape index (κ3) is 5.58. The number of hydrogen-bond donors (Lipinski definition) is 0. The van der Waals surface area contributed by atoms with Crippen LogP contribution < -0.4 is 0 Å². The fourth-order valence-electron chi connectivity index (χ4n) is 4.22. The Morgan fingerprint density at radius 2 is 1.66 bits per heavy atom. The van der Waals surface area contributed by atoms with E-state index in [0.29, 0.717) is 30.6 Å². The van der Waals surface area contributed by atoms with E-state index in [2.05, 4.69) is 6.58 Å². The summed E-state index contributed by atoms with van der Waals surface area (Å²) in [5.74, 6) is -0.0157. The molecule has 2 fully saturated rings. The molecule has 3 rings (SSSR count). The van der Waals surface area contributed by atoms with Crippen molar-refractivity contribution in [1.82, 2.24) is 9.21 Å². The smallest absolute Gasteiger partial charge is 0.247 e. The number of carbonyl (C=O) groups is 1. The minimum absolute atomic E-state index is 0.0157. The molecule has 1 aromatic carbocycles. The highest BCUT2D eigenvalue weighted by Crippen LogP contribution is 2.24. The summed E-state index contributed by atoms with van der Waals surface area (Å²) in [6, 6.07) is 7.11. The van der Waals surface area contributed by atoms with Crippen molar-refractivity contribution in [2.45, 2.75) is 62.3 Å². The number of carbonyl (C=O) groups excluding carboxylic acids is 1. The molecule has 1 aliphatic heterocycles. The highest BCUT2D eigenvalue weighted by atomic mass is 32.2. The van der Waals surface area contributed by atoms with Crippen molar-refractivity contribution in [3.63, 3.8) is 0 Å². The van der Waals surface area contributed by atoms with E-state index in [-0.39, 0.29) is 5.91 Å². The molecule has 0 atom stereocenters. The average molecular weight is 417 g/mol. The Morgan fingerprint density at radius 3 is 2.24 bits per heavy atom. The van der Waals surface area contributed by atoms with Gasteiger partial charge in [-0.1, -0.05) is 43.9 Å². The number of benzene rings is 1. The molecule has 29 heavy (non-hydrogen) atoms. The van der Waals surface area contributed by atoms with Crippen molar-refractivity contribution in [3.8, 4) is 0 Å². The summed E-state index contributed by atoms with van der Waals surface area (Å²) in [6.07, 6.45) is 13.6. The molecule has 1 saturated heterocycles. The predicted molar refractivity (Wildman–Crippen MR) is 117 cm³/mol. The lowest BCUT2D eigenvalue weighted by molar-refractivity contribution is -0.127. The molecule has 1 saturated carbocycles. The minimum Gasteiger partial charge on any atom is -0.332 e. The lowest BCUT2D eigenvalue weighted by Crippen LogP contribution is -2.37. The van der Waals surface area contributed by atoms with Crippen molar-refractivity contribution in [3.05, 3.63) is 48.6 Å². The topological polar surface area (TPSA) is 57.7 Å². The van der Waals surface area contributed by atoms with E-state index in [0.717, 1.165) is 44.1 Å². The molecule has 1 aromatic rings. The van der Waals surface area contributed by atoms with Gasteiger partial charge in [0.05, 0.1) is 4.90 Å². The molecular weight excluding hydrogens is 384 g/mol. The summed E-state index contributed by atoms with van der Waals surface area (Å²) in [5.41, 5.74) is 0.818. The Hall–Kier alpha value is -1.92. The molecule has 1 aliphatic carbocycles. The molecule has 0 radical (unpaired) electrons. The molecule has 0 aromatic heterocycles. The normalized spacial score (nSPS) is 19.3. The quantitative estimate of drug-likeness (QED) is 0.494. The van der Waals surface area contributed by atoms with E-state index in [1.165, 1.54) is 12.8 Å². The number of nitrogens with zero attached hydrogens (tertiary/aromatic N) is 2. The van der Waals surface area contributed by atoms with Crippen LogP contribution in [0.2, 0.25) is 0 Å². The summed E-state index contributed by atoms with van der Waals surface area (Å²) in [6.45, 7) is 5.52. The molecule has 0 unspecified atom stereocenters. The zero-order chi connectivity index (χ0) is 20.7. The van der Waals surface area contributed by atoms with Crippen LogP contribution in [0.1, 0.15) is 56.9 Å². The number of sulfonamides is 1. The molecule has 0 N–H and O–H groups in total. The predicted octanol–water partition coefficient (Wildman–Crippen LogP) is 4.22. The second-order valence-electron chi connectivity index (χ2n) is 7.94. The van der Waals surface area contributed by atoms with Crippen LogP contribution >= 0.6 is 0 Å². The number of hydrogen-bond acceptors (Lipinski definition) is 3. The SMILES string of the molecule is C=CCN(C(=O)/C=C/c1ccc(S(=O)(=O)N2CCCCCC2)cc1)C1CCCC1. The fraction of sp³-hybridized carbons (Fsp3) is 0.522. The lowest BCUT2D eigenvalue weighted by atomic mass is 10.2. The Labute approximate surface area is 175 Å². The third-order valence-electron chi connectivity index (χ3n) is 5.88. The highest BCUT2D eigenvalue weighted by Gasteiger charge is 2.25. The maximum atomic E-state index is 12.9. The van der Waals surface area contributed by atoms with Crippen LogP contribution in [-0.2, 0) is 14.8 Å². The summed E-state index contributed by atoms with van der Waals surface area (Å²) in [4.78, 5) is 14.9.